The second-order valence-electron chi connectivity index (χ2n) is 6.16. The SMILES string of the molecule is C[C@H]1O[C@@](C)(CCc2ccccc2)OCC1(C)C. The zero-order valence-corrected chi connectivity index (χ0v) is 11.9. The first kappa shape index (κ1) is 13.6. The maximum Gasteiger partial charge on any atom is 0.166 e. The molecule has 0 spiro atoms. The Morgan fingerprint density at radius 1 is 1.17 bits per heavy atom. The first-order valence-corrected chi connectivity index (χ1v) is 6.77. The molecule has 1 aliphatic rings. The summed E-state index contributed by atoms with van der Waals surface area (Å²) in [4.78, 5) is 0. The van der Waals surface area contributed by atoms with Gasteiger partial charge in [0.1, 0.15) is 0 Å². The standard InChI is InChI=1S/C16H24O2/c1-13-15(2,3)12-17-16(4,18-13)11-10-14-8-6-5-7-9-14/h5-9,13H,10-12H2,1-4H3/t13-,16+/m1/s1. The zero-order valence-electron chi connectivity index (χ0n) is 11.9. The minimum absolute atomic E-state index is 0.103. The number of hydrogen-bond acceptors (Lipinski definition) is 2. The van der Waals surface area contributed by atoms with Gasteiger partial charge in [0.2, 0.25) is 0 Å². The van der Waals surface area contributed by atoms with Gasteiger partial charge in [-0.25, -0.2) is 0 Å². The van der Waals surface area contributed by atoms with Crippen LogP contribution in [-0.4, -0.2) is 18.5 Å². The van der Waals surface area contributed by atoms with Crippen molar-refractivity contribution in [3.63, 3.8) is 0 Å². The number of hydrogen-bond donors (Lipinski definition) is 0. The maximum absolute atomic E-state index is 6.09. The highest BCUT2D eigenvalue weighted by molar-refractivity contribution is 5.14. The molecule has 0 bridgehead atoms. The molecule has 1 heterocycles. The lowest BCUT2D eigenvalue weighted by Gasteiger charge is -2.46. The molecule has 1 saturated heterocycles. The van der Waals surface area contributed by atoms with Crippen LogP contribution in [-0.2, 0) is 15.9 Å². The maximum atomic E-state index is 6.09. The Bertz CT molecular complexity index is 385. The highest BCUT2D eigenvalue weighted by Crippen LogP contribution is 2.36. The van der Waals surface area contributed by atoms with E-state index < -0.39 is 5.79 Å². The summed E-state index contributed by atoms with van der Waals surface area (Å²) >= 11 is 0. The normalized spacial score (nSPS) is 31.2. The van der Waals surface area contributed by atoms with Crippen molar-refractivity contribution in [3.8, 4) is 0 Å². The molecule has 0 aromatic heterocycles. The minimum Gasteiger partial charge on any atom is -0.350 e. The van der Waals surface area contributed by atoms with Crippen LogP contribution >= 0.6 is 0 Å². The second kappa shape index (κ2) is 5.02. The Kier molecular flexibility index (Phi) is 3.79. The molecule has 0 saturated carbocycles. The molecule has 0 amide bonds. The van der Waals surface area contributed by atoms with E-state index >= 15 is 0 Å². The topological polar surface area (TPSA) is 18.5 Å². The van der Waals surface area contributed by atoms with Gasteiger partial charge in [-0.3, -0.25) is 0 Å². The molecule has 1 aromatic rings. The lowest BCUT2D eigenvalue weighted by Crippen LogP contribution is -2.50. The molecule has 1 aromatic carbocycles. The fourth-order valence-corrected chi connectivity index (χ4v) is 2.17. The first-order chi connectivity index (χ1) is 8.41. The first-order valence-electron chi connectivity index (χ1n) is 6.77. The Balaban J connectivity index is 1.93. The van der Waals surface area contributed by atoms with Crippen LogP contribution in [0.2, 0.25) is 0 Å². The lowest BCUT2D eigenvalue weighted by molar-refractivity contribution is -0.318. The van der Waals surface area contributed by atoms with Crippen molar-refractivity contribution in [2.24, 2.45) is 5.41 Å². The Labute approximate surface area is 110 Å². The van der Waals surface area contributed by atoms with Crippen molar-refractivity contribution in [1.82, 2.24) is 0 Å². The summed E-state index contributed by atoms with van der Waals surface area (Å²) in [5, 5.41) is 0. The van der Waals surface area contributed by atoms with Crippen molar-refractivity contribution in [2.75, 3.05) is 6.61 Å². The summed E-state index contributed by atoms with van der Waals surface area (Å²) in [6.07, 6.45) is 2.12. The average molecular weight is 248 g/mol. The summed E-state index contributed by atoms with van der Waals surface area (Å²) in [6.45, 7) is 9.34. The molecule has 1 aliphatic heterocycles. The summed E-state index contributed by atoms with van der Waals surface area (Å²) in [5.41, 5.74) is 1.44. The lowest BCUT2D eigenvalue weighted by atomic mass is 9.86. The Morgan fingerprint density at radius 3 is 2.44 bits per heavy atom. The molecule has 1 fully saturated rings. The van der Waals surface area contributed by atoms with Crippen molar-refractivity contribution in [1.29, 1.82) is 0 Å². The fourth-order valence-electron chi connectivity index (χ4n) is 2.17. The number of rotatable bonds is 3. The van der Waals surface area contributed by atoms with Gasteiger partial charge < -0.3 is 9.47 Å². The largest absolute Gasteiger partial charge is 0.350 e. The van der Waals surface area contributed by atoms with Gasteiger partial charge in [0.05, 0.1) is 12.7 Å². The van der Waals surface area contributed by atoms with Gasteiger partial charge in [0, 0.05) is 11.8 Å². The van der Waals surface area contributed by atoms with E-state index in [1.807, 2.05) is 6.07 Å². The average Bonchev–Trinajstić information content (AvgIpc) is 2.34. The van der Waals surface area contributed by atoms with Crippen LogP contribution in [0.4, 0.5) is 0 Å². The Hall–Kier alpha value is -0.860. The van der Waals surface area contributed by atoms with Crippen LogP contribution < -0.4 is 0 Å². The van der Waals surface area contributed by atoms with Crippen molar-refractivity contribution in [2.45, 2.75) is 52.4 Å². The summed E-state index contributed by atoms with van der Waals surface area (Å²) in [7, 11) is 0. The summed E-state index contributed by atoms with van der Waals surface area (Å²) < 4.78 is 12.0. The molecule has 0 aliphatic carbocycles. The third-order valence-electron chi connectivity index (χ3n) is 3.99. The van der Waals surface area contributed by atoms with Gasteiger partial charge in [-0.15, -0.1) is 0 Å². The summed E-state index contributed by atoms with van der Waals surface area (Å²) in [5.74, 6) is -0.440. The van der Waals surface area contributed by atoms with Gasteiger partial charge in [0.15, 0.2) is 5.79 Å². The van der Waals surface area contributed by atoms with E-state index in [4.69, 9.17) is 9.47 Å². The number of ether oxygens (including phenoxy) is 2. The third kappa shape index (κ3) is 3.12. The molecule has 2 heteroatoms. The molecule has 0 N–H and O–H groups in total. The van der Waals surface area contributed by atoms with Crippen molar-refractivity contribution < 1.29 is 9.47 Å². The quantitative estimate of drug-likeness (QED) is 0.810. The van der Waals surface area contributed by atoms with E-state index in [1.54, 1.807) is 0 Å². The Morgan fingerprint density at radius 2 is 1.83 bits per heavy atom. The van der Waals surface area contributed by atoms with E-state index in [0.29, 0.717) is 0 Å². The van der Waals surface area contributed by atoms with Crippen LogP contribution in [0.25, 0.3) is 0 Å². The second-order valence-corrected chi connectivity index (χ2v) is 6.16. The van der Waals surface area contributed by atoms with Gasteiger partial charge in [-0.05, 0) is 25.8 Å². The minimum atomic E-state index is -0.440. The van der Waals surface area contributed by atoms with Crippen LogP contribution in [0.5, 0.6) is 0 Å². The highest BCUT2D eigenvalue weighted by atomic mass is 16.7. The predicted octanol–water partition coefficient (Wildman–Crippen LogP) is 3.80. The highest BCUT2D eigenvalue weighted by Gasteiger charge is 2.41. The van der Waals surface area contributed by atoms with Crippen molar-refractivity contribution in [3.05, 3.63) is 35.9 Å². The van der Waals surface area contributed by atoms with Gasteiger partial charge in [0.25, 0.3) is 0 Å². The molecule has 2 atom stereocenters. The van der Waals surface area contributed by atoms with Crippen LogP contribution in [0.15, 0.2) is 30.3 Å². The predicted molar refractivity (Wildman–Crippen MR) is 73.4 cm³/mol. The van der Waals surface area contributed by atoms with Gasteiger partial charge in [-0.1, -0.05) is 44.2 Å². The van der Waals surface area contributed by atoms with Crippen LogP contribution in [0.3, 0.4) is 0 Å². The van der Waals surface area contributed by atoms with E-state index in [9.17, 15) is 0 Å². The molecular weight excluding hydrogens is 224 g/mol. The van der Waals surface area contributed by atoms with Crippen molar-refractivity contribution >= 4 is 0 Å². The number of aryl methyl sites for hydroxylation is 1. The van der Waals surface area contributed by atoms with E-state index in [-0.39, 0.29) is 11.5 Å². The molecular formula is C16H24O2. The third-order valence-corrected chi connectivity index (χ3v) is 3.99. The molecule has 18 heavy (non-hydrogen) atoms. The van der Waals surface area contributed by atoms with Crippen LogP contribution in [0, 0.1) is 5.41 Å². The molecule has 100 valence electrons. The van der Waals surface area contributed by atoms with E-state index in [2.05, 4.69) is 52.0 Å². The fraction of sp³-hybridized carbons (Fsp3) is 0.625. The molecule has 0 radical (unpaired) electrons. The number of benzene rings is 1. The summed E-state index contributed by atoms with van der Waals surface area (Å²) in [6, 6.07) is 10.5. The van der Waals surface area contributed by atoms with Gasteiger partial charge in [-0.2, -0.15) is 0 Å². The van der Waals surface area contributed by atoms with Gasteiger partial charge >= 0.3 is 0 Å². The van der Waals surface area contributed by atoms with Crippen LogP contribution in [0.1, 0.15) is 39.7 Å². The van der Waals surface area contributed by atoms with E-state index in [0.717, 1.165) is 19.4 Å². The molecule has 2 nitrogen and oxygen atoms in total. The zero-order chi connectivity index (χ0) is 13.2. The van der Waals surface area contributed by atoms with E-state index in [1.165, 1.54) is 5.56 Å². The monoisotopic (exact) mass is 248 g/mol. The molecule has 0 unspecified atom stereocenters. The smallest absolute Gasteiger partial charge is 0.166 e. The molecule has 2 rings (SSSR count).